The molecule has 0 saturated carbocycles. The number of ether oxygens (including phenoxy) is 1. The number of anilines is 1. The van der Waals surface area contributed by atoms with Gasteiger partial charge in [-0.2, -0.15) is 9.61 Å². The molecular formula is C19H16BrN5O2S. The average molecular weight is 458 g/mol. The first-order valence-electron chi connectivity index (χ1n) is 8.55. The second-order valence-corrected chi connectivity index (χ2v) is 7.77. The number of methoxy groups -OCH3 is 1. The normalized spacial score (nSPS) is 11.0. The van der Waals surface area contributed by atoms with Crippen molar-refractivity contribution in [3.63, 3.8) is 0 Å². The van der Waals surface area contributed by atoms with Crippen LogP contribution in [-0.4, -0.2) is 32.8 Å². The van der Waals surface area contributed by atoms with Crippen molar-refractivity contribution in [3.05, 3.63) is 58.3 Å². The zero-order chi connectivity index (χ0) is 19.7. The molecule has 0 aliphatic heterocycles. The van der Waals surface area contributed by atoms with Crippen molar-refractivity contribution in [1.82, 2.24) is 19.8 Å². The average Bonchev–Trinajstić information content (AvgIpc) is 3.28. The molecule has 0 aliphatic rings. The van der Waals surface area contributed by atoms with Gasteiger partial charge < -0.3 is 10.1 Å². The van der Waals surface area contributed by atoms with E-state index in [-0.39, 0.29) is 5.91 Å². The molecule has 0 bridgehead atoms. The molecule has 7 nitrogen and oxygen atoms in total. The van der Waals surface area contributed by atoms with Gasteiger partial charge in [-0.25, -0.2) is 0 Å². The maximum atomic E-state index is 12.6. The van der Waals surface area contributed by atoms with E-state index < -0.39 is 0 Å². The number of hydrogen-bond donors (Lipinski definition) is 1. The lowest BCUT2D eigenvalue weighted by atomic mass is 10.1. The molecule has 0 aliphatic carbocycles. The van der Waals surface area contributed by atoms with Gasteiger partial charge in [-0.1, -0.05) is 30.4 Å². The molecule has 28 heavy (non-hydrogen) atoms. The van der Waals surface area contributed by atoms with Crippen LogP contribution in [0, 0.1) is 0 Å². The number of carbonyl (C=O) groups is 1. The summed E-state index contributed by atoms with van der Waals surface area (Å²) in [5.74, 6) is 1.30. The minimum Gasteiger partial charge on any atom is -0.496 e. The molecule has 4 rings (SSSR count). The standard InChI is InChI=1S/C19H16BrN5O2S/c1-3-16-22-23-19-25(16)24-18(28-19)12-5-4-6-13(9-12)21-17(26)11-7-8-15(27-2)14(20)10-11/h4-10H,3H2,1-2H3,(H,21,26). The van der Waals surface area contributed by atoms with Crippen LogP contribution in [0.1, 0.15) is 23.1 Å². The van der Waals surface area contributed by atoms with E-state index in [1.165, 1.54) is 11.3 Å². The second-order valence-electron chi connectivity index (χ2n) is 5.96. The van der Waals surface area contributed by atoms with Crippen LogP contribution in [0.3, 0.4) is 0 Å². The van der Waals surface area contributed by atoms with Gasteiger partial charge in [0.15, 0.2) is 5.82 Å². The Morgan fingerprint density at radius 2 is 2.11 bits per heavy atom. The van der Waals surface area contributed by atoms with E-state index >= 15 is 0 Å². The largest absolute Gasteiger partial charge is 0.496 e. The van der Waals surface area contributed by atoms with Crippen molar-refractivity contribution < 1.29 is 9.53 Å². The Morgan fingerprint density at radius 3 is 2.86 bits per heavy atom. The van der Waals surface area contributed by atoms with E-state index in [0.29, 0.717) is 17.0 Å². The molecule has 9 heteroatoms. The Kier molecular flexibility index (Phi) is 5.10. The summed E-state index contributed by atoms with van der Waals surface area (Å²) in [4.78, 5) is 13.3. The van der Waals surface area contributed by atoms with Crippen LogP contribution in [-0.2, 0) is 6.42 Å². The van der Waals surface area contributed by atoms with Crippen molar-refractivity contribution in [2.24, 2.45) is 0 Å². The van der Waals surface area contributed by atoms with Crippen molar-refractivity contribution in [2.75, 3.05) is 12.4 Å². The molecule has 1 N–H and O–H groups in total. The molecule has 0 fully saturated rings. The number of nitrogens with one attached hydrogen (secondary N) is 1. The third kappa shape index (κ3) is 3.50. The van der Waals surface area contributed by atoms with E-state index in [1.807, 2.05) is 31.2 Å². The number of aromatic nitrogens is 4. The summed E-state index contributed by atoms with van der Waals surface area (Å²) < 4.78 is 7.69. The fraction of sp³-hybridized carbons (Fsp3) is 0.158. The molecule has 4 aromatic rings. The molecule has 2 aromatic heterocycles. The van der Waals surface area contributed by atoms with Crippen LogP contribution in [0.2, 0.25) is 0 Å². The topological polar surface area (TPSA) is 81.4 Å². The fourth-order valence-corrected chi connectivity index (χ4v) is 4.13. The molecular weight excluding hydrogens is 442 g/mol. The van der Waals surface area contributed by atoms with Gasteiger partial charge >= 0.3 is 0 Å². The van der Waals surface area contributed by atoms with Gasteiger partial charge in [0.2, 0.25) is 4.96 Å². The molecule has 0 saturated heterocycles. The highest BCUT2D eigenvalue weighted by Gasteiger charge is 2.13. The second kappa shape index (κ2) is 7.69. The highest BCUT2D eigenvalue weighted by Crippen LogP contribution is 2.29. The highest BCUT2D eigenvalue weighted by atomic mass is 79.9. The Morgan fingerprint density at radius 1 is 1.25 bits per heavy atom. The smallest absolute Gasteiger partial charge is 0.255 e. The van der Waals surface area contributed by atoms with Crippen LogP contribution < -0.4 is 10.1 Å². The van der Waals surface area contributed by atoms with Gasteiger partial charge in [-0.15, -0.1) is 10.2 Å². The Bertz CT molecular complexity index is 1170. The van der Waals surface area contributed by atoms with Crippen molar-refractivity contribution >= 4 is 43.8 Å². The first-order valence-corrected chi connectivity index (χ1v) is 10.2. The molecule has 0 radical (unpaired) electrons. The Hall–Kier alpha value is -2.78. The van der Waals surface area contributed by atoms with E-state index in [9.17, 15) is 4.79 Å². The number of fused-ring (bicyclic) bond motifs is 1. The molecule has 142 valence electrons. The predicted molar refractivity (Wildman–Crippen MR) is 112 cm³/mol. The van der Waals surface area contributed by atoms with Crippen LogP contribution in [0.5, 0.6) is 5.75 Å². The van der Waals surface area contributed by atoms with Crippen LogP contribution in [0.15, 0.2) is 46.9 Å². The van der Waals surface area contributed by atoms with Crippen molar-refractivity contribution in [1.29, 1.82) is 0 Å². The minimum atomic E-state index is -0.202. The summed E-state index contributed by atoms with van der Waals surface area (Å²) in [6.07, 6.45) is 0.762. The number of benzene rings is 2. The number of aryl methyl sites for hydroxylation is 1. The quantitative estimate of drug-likeness (QED) is 0.478. The summed E-state index contributed by atoms with van der Waals surface area (Å²) in [5, 5.41) is 16.6. The zero-order valence-corrected chi connectivity index (χ0v) is 17.5. The van der Waals surface area contributed by atoms with Gasteiger partial charge in [-0.3, -0.25) is 4.79 Å². The van der Waals surface area contributed by atoms with Gasteiger partial charge in [0.1, 0.15) is 10.8 Å². The van der Waals surface area contributed by atoms with Gasteiger partial charge in [0, 0.05) is 23.2 Å². The maximum Gasteiger partial charge on any atom is 0.255 e. The van der Waals surface area contributed by atoms with Gasteiger partial charge in [0.25, 0.3) is 5.91 Å². The molecule has 2 heterocycles. The lowest BCUT2D eigenvalue weighted by Crippen LogP contribution is -2.11. The Labute approximate surface area is 173 Å². The van der Waals surface area contributed by atoms with Crippen molar-refractivity contribution in [3.8, 4) is 16.3 Å². The molecule has 0 atom stereocenters. The number of rotatable bonds is 5. The number of hydrogen-bond acceptors (Lipinski definition) is 6. The maximum absolute atomic E-state index is 12.6. The van der Waals surface area contributed by atoms with Crippen molar-refractivity contribution in [2.45, 2.75) is 13.3 Å². The van der Waals surface area contributed by atoms with Crippen LogP contribution >= 0.6 is 27.3 Å². The number of amides is 1. The molecule has 0 unspecified atom stereocenters. The summed E-state index contributed by atoms with van der Waals surface area (Å²) in [6.45, 7) is 2.02. The SMILES string of the molecule is CCc1nnc2sc(-c3cccc(NC(=O)c4ccc(OC)c(Br)c4)c3)nn12. The monoisotopic (exact) mass is 457 g/mol. The predicted octanol–water partition coefficient (Wildman–Crippen LogP) is 4.44. The summed E-state index contributed by atoms with van der Waals surface area (Å²) in [7, 11) is 1.58. The summed E-state index contributed by atoms with van der Waals surface area (Å²) in [6, 6.07) is 12.8. The number of carbonyl (C=O) groups excluding carboxylic acids is 1. The molecule has 2 aromatic carbocycles. The van der Waals surface area contributed by atoms with Crippen LogP contribution in [0.4, 0.5) is 5.69 Å². The third-order valence-electron chi connectivity index (χ3n) is 4.15. The van der Waals surface area contributed by atoms with Gasteiger partial charge in [0.05, 0.1) is 11.6 Å². The first kappa shape index (κ1) is 18.6. The Balaban J connectivity index is 1.58. The molecule has 0 spiro atoms. The van der Waals surface area contributed by atoms with E-state index in [1.54, 1.807) is 29.8 Å². The fourth-order valence-electron chi connectivity index (χ4n) is 2.74. The summed E-state index contributed by atoms with van der Waals surface area (Å²) >= 11 is 4.86. The number of nitrogens with zero attached hydrogens (tertiary/aromatic N) is 4. The lowest BCUT2D eigenvalue weighted by molar-refractivity contribution is 0.102. The third-order valence-corrected chi connectivity index (χ3v) is 5.72. The van der Waals surface area contributed by atoms with E-state index in [2.05, 4.69) is 36.5 Å². The molecule has 1 amide bonds. The first-order chi connectivity index (χ1) is 13.6. The zero-order valence-electron chi connectivity index (χ0n) is 15.1. The summed E-state index contributed by atoms with van der Waals surface area (Å²) in [5.41, 5.74) is 2.13. The highest BCUT2D eigenvalue weighted by molar-refractivity contribution is 9.10. The van der Waals surface area contributed by atoms with E-state index in [0.717, 1.165) is 32.2 Å². The van der Waals surface area contributed by atoms with Gasteiger partial charge in [-0.05, 0) is 46.3 Å². The number of halogens is 1. The van der Waals surface area contributed by atoms with E-state index in [4.69, 9.17) is 4.74 Å². The minimum absolute atomic E-state index is 0.202. The lowest BCUT2D eigenvalue weighted by Gasteiger charge is -2.08. The van der Waals surface area contributed by atoms with Crippen LogP contribution in [0.25, 0.3) is 15.5 Å².